The highest BCUT2D eigenvalue weighted by molar-refractivity contribution is 7.14. The van der Waals surface area contributed by atoms with Gasteiger partial charge in [-0.3, -0.25) is 10.1 Å². The van der Waals surface area contributed by atoms with E-state index in [1.807, 2.05) is 0 Å². The van der Waals surface area contributed by atoms with Crippen LogP contribution in [0.1, 0.15) is 17.4 Å². The summed E-state index contributed by atoms with van der Waals surface area (Å²) < 4.78 is 4.86. The summed E-state index contributed by atoms with van der Waals surface area (Å²) in [5.74, 6) is -0.517. The molecule has 0 saturated carbocycles. The second-order valence-corrected chi connectivity index (χ2v) is 6.05. The van der Waals surface area contributed by atoms with Gasteiger partial charge in [-0.05, 0) is 6.92 Å². The molecule has 1 aromatic heterocycles. The van der Waals surface area contributed by atoms with Crippen LogP contribution < -0.4 is 15.1 Å². The van der Waals surface area contributed by atoms with E-state index >= 15 is 0 Å². The third kappa shape index (κ3) is 4.76. The summed E-state index contributed by atoms with van der Waals surface area (Å²) in [6, 6.07) is 0. The summed E-state index contributed by atoms with van der Waals surface area (Å²) in [4.78, 5) is 30.3. The Labute approximate surface area is 127 Å². The van der Waals surface area contributed by atoms with Crippen LogP contribution in [0.2, 0.25) is 0 Å². The maximum absolute atomic E-state index is 12.0. The molecule has 1 aromatic rings. The molecule has 1 fully saturated rings. The number of anilines is 1. The molecule has 2 rings (SSSR count). The van der Waals surface area contributed by atoms with E-state index in [0.29, 0.717) is 18.3 Å². The predicted octanol–water partition coefficient (Wildman–Crippen LogP) is -2.33. The van der Waals surface area contributed by atoms with Gasteiger partial charge >= 0.3 is 5.97 Å². The number of likely N-dealkylation sites (N-methyl/N-ethyl adjacent to an activating group) is 1. The van der Waals surface area contributed by atoms with Crippen LogP contribution in [0.25, 0.3) is 0 Å². The summed E-state index contributed by atoms with van der Waals surface area (Å²) >= 11 is 1.24. The van der Waals surface area contributed by atoms with Crippen molar-refractivity contribution in [3.8, 4) is 0 Å². The lowest BCUT2D eigenvalue weighted by Gasteiger charge is -2.26. The highest BCUT2D eigenvalue weighted by Crippen LogP contribution is 2.15. The van der Waals surface area contributed by atoms with E-state index in [4.69, 9.17) is 4.74 Å². The van der Waals surface area contributed by atoms with Crippen LogP contribution in [0.15, 0.2) is 5.38 Å². The molecule has 21 heavy (non-hydrogen) atoms. The summed E-state index contributed by atoms with van der Waals surface area (Å²) in [6.07, 6.45) is 0. The molecule has 8 heteroatoms. The fourth-order valence-corrected chi connectivity index (χ4v) is 2.92. The van der Waals surface area contributed by atoms with Gasteiger partial charge < -0.3 is 14.5 Å². The van der Waals surface area contributed by atoms with Crippen molar-refractivity contribution in [1.29, 1.82) is 0 Å². The van der Waals surface area contributed by atoms with E-state index in [2.05, 4.69) is 17.3 Å². The third-order valence-electron chi connectivity index (χ3n) is 3.46. The van der Waals surface area contributed by atoms with Crippen molar-refractivity contribution in [2.24, 2.45) is 0 Å². The normalized spacial score (nSPS) is 21.8. The van der Waals surface area contributed by atoms with Crippen molar-refractivity contribution in [3.63, 3.8) is 0 Å². The monoisotopic (exact) mass is 314 g/mol. The molecule has 0 radical (unpaired) electrons. The maximum atomic E-state index is 12.0. The molecule has 0 atom stereocenters. The largest absolute Gasteiger partial charge is 0.461 e. The van der Waals surface area contributed by atoms with E-state index in [0.717, 1.165) is 26.2 Å². The number of thiazole rings is 1. The van der Waals surface area contributed by atoms with E-state index in [1.54, 1.807) is 12.3 Å². The molecule has 1 aliphatic rings. The molecule has 116 valence electrons. The zero-order valence-electron chi connectivity index (χ0n) is 12.4. The summed E-state index contributed by atoms with van der Waals surface area (Å²) in [6.45, 7) is 6.69. The fraction of sp³-hybridized carbons (Fsp3) is 0.615. The third-order valence-corrected chi connectivity index (χ3v) is 4.21. The Hall–Kier alpha value is -1.51. The minimum atomic E-state index is -0.457. The Kier molecular flexibility index (Phi) is 5.66. The van der Waals surface area contributed by atoms with Gasteiger partial charge in [-0.25, -0.2) is 9.78 Å². The van der Waals surface area contributed by atoms with Crippen molar-refractivity contribution in [2.75, 3.05) is 51.7 Å². The molecule has 1 saturated heterocycles. The van der Waals surface area contributed by atoms with Crippen molar-refractivity contribution >= 4 is 28.3 Å². The lowest BCUT2D eigenvalue weighted by atomic mass is 10.3. The standard InChI is InChI=1S/C13H20N4O3S/c1-3-20-12(19)10-9-21-13(14-10)15-11(18)8-17-6-4-16(2)5-7-17/h9H,3-8H2,1-2H3,(H,14,15,18)/p+2. The summed E-state index contributed by atoms with van der Waals surface area (Å²) in [7, 11) is 2.17. The molecule has 0 unspecified atom stereocenters. The molecule has 2 heterocycles. The zero-order valence-corrected chi connectivity index (χ0v) is 13.2. The molecule has 1 amide bonds. The number of amides is 1. The van der Waals surface area contributed by atoms with E-state index in [9.17, 15) is 9.59 Å². The molecule has 3 N–H and O–H groups in total. The van der Waals surface area contributed by atoms with E-state index in [-0.39, 0.29) is 11.6 Å². The first-order valence-electron chi connectivity index (χ1n) is 7.16. The SMILES string of the molecule is CCOC(=O)c1csc(NC(=O)C[NH+]2CC[NH+](C)CC2)n1. The van der Waals surface area contributed by atoms with Crippen LogP contribution in [0.3, 0.4) is 0 Å². The topological polar surface area (TPSA) is 77.2 Å². The van der Waals surface area contributed by atoms with Crippen LogP contribution in [0.5, 0.6) is 0 Å². The highest BCUT2D eigenvalue weighted by atomic mass is 32.1. The van der Waals surface area contributed by atoms with Gasteiger partial charge in [0.15, 0.2) is 17.4 Å². The number of piperazine rings is 1. The predicted molar refractivity (Wildman–Crippen MR) is 78.9 cm³/mol. The first-order chi connectivity index (χ1) is 10.1. The van der Waals surface area contributed by atoms with Crippen molar-refractivity contribution < 1.29 is 24.1 Å². The fourth-order valence-electron chi connectivity index (χ4n) is 2.23. The number of carbonyl (C=O) groups excluding carboxylic acids is 2. The zero-order chi connectivity index (χ0) is 15.2. The molecule has 0 bridgehead atoms. The van der Waals surface area contributed by atoms with Crippen molar-refractivity contribution in [1.82, 2.24) is 4.98 Å². The number of hydrogen-bond donors (Lipinski definition) is 3. The average molecular weight is 314 g/mol. The van der Waals surface area contributed by atoms with Gasteiger partial charge in [0.25, 0.3) is 5.91 Å². The molecule has 0 aliphatic carbocycles. The van der Waals surface area contributed by atoms with E-state index < -0.39 is 5.97 Å². The van der Waals surface area contributed by atoms with Crippen LogP contribution in [-0.2, 0) is 9.53 Å². The Bertz CT molecular complexity index is 497. The number of rotatable bonds is 5. The van der Waals surface area contributed by atoms with Crippen molar-refractivity contribution in [2.45, 2.75) is 6.92 Å². The number of esters is 1. The number of nitrogens with one attached hydrogen (secondary N) is 3. The van der Waals surface area contributed by atoms with E-state index in [1.165, 1.54) is 21.1 Å². The second kappa shape index (κ2) is 7.48. The lowest BCUT2D eigenvalue weighted by Crippen LogP contribution is -3.27. The smallest absolute Gasteiger partial charge is 0.357 e. The van der Waals surface area contributed by atoms with Gasteiger partial charge in [0.2, 0.25) is 0 Å². The van der Waals surface area contributed by atoms with Gasteiger partial charge in [-0.2, -0.15) is 0 Å². The Balaban J connectivity index is 1.81. The number of quaternary nitrogens is 2. The van der Waals surface area contributed by atoms with Crippen LogP contribution >= 0.6 is 11.3 Å². The van der Waals surface area contributed by atoms with Gasteiger partial charge in [0.05, 0.1) is 13.7 Å². The van der Waals surface area contributed by atoms with Crippen LogP contribution in [-0.4, -0.2) is 63.2 Å². The summed E-state index contributed by atoms with van der Waals surface area (Å²) in [5, 5.41) is 4.79. The van der Waals surface area contributed by atoms with Gasteiger partial charge in [0.1, 0.15) is 26.2 Å². The van der Waals surface area contributed by atoms with Crippen LogP contribution in [0.4, 0.5) is 5.13 Å². The molecular weight excluding hydrogens is 292 g/mol. The quantitative estimate of drug-likeness (QED) is 0.533. The molecule has 1 aliphatic heterocycles. The number of aromatic nitrogens is 1. The van der Waals surface area contributed by atoms with Gasteiger partial charge in [-0.15, -0.1) is 11.3 Å². The lowest BCUT2D eigenvalue weighted by molar-refractivity contribution is -0.999. The van der Waals surface area contributed by atoms with Crippen molar-refractivity contribution in [3.05, 3.63) is 11.1 Å². The highest BCUT2D eigenvalue weighted by Gasteiger charge is 2.23. The second-order valence-electron chi connectivity index (χ2n) is 5.19. The number of nitrogens with zero attached hydrogens (tertiary/aromatic N) is 1. The minimum Gasteiger partial charge on any atom is -0.461 e. The Morgan fingerprint density at radius 3 is 2.76 bits per heavy atom. The first-order valence-corrected chi connectivity index (χ1v) is 8.03. The Morgan fingerprint density at radius 2 is 2.10 bits per heavy atom. The minimum absolute atomic E-state index is 0.0608. The molecule has 0 spiro atoms. The van der Waals surface area contributed by atoms with Gasteiger partial charge in [-0.1, -0.05) is 0 Å². The number of ether oxygens (including phenoxy) is 1. The number of hydrogen-bond acceptors (Lipinski definition) is 5. The average Bonchev–Trinajstić information content (AvgIpc) is 2.90. The summed E-state index contributed by atoms with van der Waals surface area (Å²) in [5.41, 5.74) is 0.243. The molecular formula is C13H22N4O3S+2. The first kappa shape index (κ1) is 15.9. The van der Waals surface area contributed by atoms with Gasteiger partial charge in [0, 0.05) is 5.38 Å². The maximum Gasteiger partial charge on any atom is 0.357 e. The molecule has 7 nitrogen and oxygen atoms in total. The molecule has 0 aromatic carbocycles. The van der Waals surface area contributed by atoms with Crippen LogP contribution in [0, 0.1) is 0 Å². The Morgan fingerprint density at radius 1 is 1.38 bits per heavy atom. The number of carbonyl (C=O) groups is 2.